The van der Waals surface area contributed by atoms with Gasteiger partial charge in [0.15, 0.2) is 0 Å². The van der Waals surface area contributed by atoms with Crippen LogP contribution in [0.4, 0.5) is 5.69 Å². The molecular formula is C12H19N3. The molecule has 0 saturated carbocycles. The van der Waals surface area contributed by atoms with Crippen molar-refractivity contribution >= 4 is 5.69 Å². The van der Waals surface area contributed by atoms with Gasteiger partial charge in [0, 0.05) is 31.0 Å². The Kier molecular flexibility index (Phi) is 2.91. The number of rotatable bonds is 2. The van der Waals surface area contributed by atoms with Gasteiger partial charge in [-0.2, -0.15) is 0 Å². The normalized spacial score (nSPS) is 27.1. The lowest BCUT2D eigenvalue weighted by Crippen LogP contribution is -2.26. The van der Waals surface area contributed by atoms with E-state index in [4.69, 9.17) is 5.73 Å². The number of pyridine rings is 1. The van der Waals surface area contributed by atoms with Gasteiger partial charge in [-0.3, -0.25) is 9.88 Å². The Labute approximate surface area is 91.3 Å². The van der Waals surface area contributed by atoms with Crippen molar-refractivity contribution in [2.45, 2.75) is 32.9 Å². The van der Waals surface area contributed by atoms with Crippen LogP contribution >= 0.6 is 0 Å². The molecule has 0 aliphatic carbocycles. The van der Waals surface area contributed by atoms with Gasteiger partial charge in [0.25, 0.3) is 0 Å². The standard InChI is InChI=1S/C12H19N3/c1-9-5-10(2)15(7-9)8-12-6-11(13)3-4-14-12/h3-4,6,9-10H,5,7-8H2,1-2H3,(H2,13,14). The fourth-order valence-electron chi connectivity index (χ4n) is 2.40. The number of hydrogen-bond acceptors (Lipinski definition) is 3. The van der Waals surface area contributed by atoms with Crippen LogP contribution < -0.4 is 5.73 Å². The molecule has 0 amide bonds. The Morgan fingerprint density at radius 2 is 2.33 bits per heavy atom. The van der Waals surface area contributed by atoms with Crippen molar-refractivity contribution in [3.8, 4) is 0 Å². The minimum Gasteiger partial charge on any atom is -0.399 e. The molecule has 2 N–H and O–H groups in total. The summed E-state index contributed by atoms with van der Waals surface area (Å²) in [5, 5.41) is 0. The van der Waals surface area contributed by atoms with Crippen molar-refractivity contribution in [2.75, 3.05) is 12.3 Å². The largest absolute Gasteiger partial charge is 0.399 e. The van der Waals surface area contributed by atoms with Gasteiger partial charge < -0.3 is 5.73 Å². The molecule has 2 unspecified atom stereocenters. The lowest BCUT2D eigenvalue weighted by molar-refractivity contribution is 0.253. The molecule has 15 heavy (non-hydrogen) atoms. The number of nitrogens with zero attached hydrogens (tertiary/aromatic N) is 2. The molecule has 2 rings (SSSR count). The predicted octanol–water partition coefficient (Wildman–Crippen LogP) is 1.89. The van der Waals surface area contributed by atoms with Crippen molar-refractivity contribution in [1.82, 2.24) is 9.88 Å². The Morgan fingerprint density at radius 3 is 2.93 bits per heavy atom. The van der Waals surface area contributed by atoms with Crippen LogP contribution in [-0.4, -0.2) is 22.5 Å². The second kappa shape index (κ2) is 4.19. The van der Waals surface area contributed by atoms with Crippen LogP contribution in [-0.2, 0) is 6.54 Å². The van der Waals surface area contributed by atoms with E-state index in [1.54, 1.807) is 6.20 Å². The molecular weight excluding hydrogens is 186 g/mol. The zero-order chi connectivity index (χ0) is 10.8. The Morgan fingerprint density at radius 1 is 1.53 bits per heavy atom. The molecule has 1 aliphatic heterocycles. The number of nitrogens with two attached hydrogens (primary N) is 1. The maximum absolute atomic E-state index is 5.74. The highest BCUT2D eigenvalue weighted by Gasteiger charge is 2.25. The van der Waals surface area contributed by atoms with E-state index in [0.717, 1.165) is 23.8 Å². The first-order valence-electron chi connectivity index (χ1n) is 5.59. The van der Waals surface area contributed by atoms with Gasteiger partial charge in [-0.05, 0) is 31.4 Å². The van der Waals surface area contributed by atoms with Gasteiger partial charge in [-0.25, -0.2) is 0 Å². The van der Waals surface area contributed by atoms with Crippen LogP contribution in [0.3, 0.4) is 0 Å². The lowest BCUT2D eigenvalue weighted by atomic mass is 10.1. The first-order chi connectivity index (χ1) is 7.15. The van der Waals surface area contributed by atoms with Crippen LogP contribution in [0.15, 0.2) is 18.3 Å². The van der Waals surface area contributed by atoms with Crippen molar-refractivity contribution in [2.24, 2.45) is 5.92 Å². The van der Waals surface area contributed by atoms with Gasteiger partial charge in [0.2, 0.25) is 0 Å². The van der Waals surface area contributed by atoms with Crippen LogP contribution in [0.5, 0.6) is 0 Å². The molecule has 3 nitrogen and oxygen atoms in total. The molecule has 1 aliphatic rings. The highest BCUT2D eigenvalue weighted by molar-refractivity contribution is 5.37. The molecule has 0 aromatic carbocycles. The number of anilines is 1. The quantitative estimate of drug-likeness (QED) is 0.801. The summed E-state index contributed by atoms with van der Waals surface area (Å²) in [5.74, 6) is 0.807. The van der Waals surface area contributed by atoms with Gasteiger partial charge in [-0.1, -0.05) is 6.92 Å². The van der Waals surface area contributed by atoms with Crippen LogP contribution in [0.1, 0.15) is 26.0 Å². The predicted molar refractivity (Wildman–Crippen MR) is 62.3 cm³/mol. The third-order valence-electron chi connectivity index (χ3n) is 3.12. The van der Waals surface area contributed by atoms with Gasteiger partial charge >= 0.3 is 0 Å². The molecule has 1 aromatic heterocycles. The van der Waals surface area contributed by atoms with Gasteiger partial charge in [0.05, 0.1) is 5.69 Å². The SMILES string of the molecule is CC1CC(C)N(Cc2cc(N)ccn2)C1. The minimum absolute atomic E-state index is 0.670. The van der Waals surface area contributed by atoms with Gasteiger partial charge in [0.1, 0.15) is 0 Å². The minimum atomic E-state index is 0.670. The van der Waals surface area contributed by atoms with E-state index in [-0.39, 0.29) is 0 Å². The Balaban J connectivity index is 2.03. The summed E-state index contributed by atoms with van der Waals surface area (Å²) in [7, 11) is 0. The molecule has 0 radical (unpaired) electrons. The molecule has 1 aromatic rings. The van der Waals surface area contributed by atoms with Crippen molar-refractivity contribution in [1.29, 1.82) is 0 Å². The highest BCUT2D eigenvalue weighted by Crippen LogP contribution is 2.23. The summed E-state index contributed by atoms with van der Waals surface area (Å²) < 4.78 is 0. The fraction of sp³-hybridized carbons (Fsp3) is 0.583. The number of nitrogen functional groups attached to an aromatic ring is 1. The molecule has 1 saturated heterocycles. The van der Waals surface area contributed by atoms with E-state index in [9.17, 15) is 0 Å². The molecule has 3 heteroatoms. The summed E-state index contributed by atoms with van der Waals surface area (Å²) in [6.45, 7) is 6.70. The van der Waals surface area contributed by atoms with E-state index < -0.39 is 0 Å². The Hall–Kier alpha value is -1.09. The van der Waals surface area contributed by atoms with Crippen molar-refractivity contribution < 1.29 is 0 Å². The summed E-state index contributed by atoms with van der Waals surface area (Å²) in [6.07, 6.45) is 3.08. The average molecular weight is 205 g/mol. The van der Waals surface area contributed by atoms with E-state index in [1.165, 1.54) is 13.0 Å². The van der Waals surface area contributed by atoms with E-state index >= 15 is 0 Å². The van der Waals surface area contributed by atoms with E-state index in [1.807, 2.05) is 12.1 Å². The van der Waals surface area contributed by atoms with E-state index in [0.29, 0.717) is 6.04 Å². The summed E-state index contributed by atoms with van der Waals surface area (Å²) in [4.78, 5) is 6.82. The zero-order valence-corrected chi connectivity index (χ0v) is 9.48. The first-order valence-corrected chi connectivity index (χ1v) is 5.59. The van der Waals surface area contributed by atoms with Crippen molar-refractivity contribution in [3.05, 3.63) is 24.0 Å². The monoisotopic (exact) mass is 205 g/mol. The summed E-state index contributed by atoms with van der Waals surface area (Å²) in [5.41, 5.74) is 7.62. The van der Waals surface area contributed by atoms with Crippen molar-refractivity contribution in [3.63, 3.8) is 0 Å². The van der Waals surface area contributed by atoms with Gasteiger partial charge in [-0.15, -0.1) is 0 Å². The van der Waals surface area contributed by atoms with Crippen LogP contribution in [0, 0.1) is 5.92 Å². The third kappa shape index (κ3) is 2.48. The zero-order valence-electron chi connectivity index (χ0n) is 9.48. The molecule has 0 bridgehead atoms. The summed E-state index contributed by atoms with van der Waals surface area (Å²) in [6, 6.07) is 4.47. The molecule has 82 valence electrons. The van der Waals surface area contributed by atoms with Crippen LogP contribution in [0.2, 0.25) is 0 Å². The number of likely N-dealkylation sites (tertiary alicyclic amines) is 1. The second-order valence-electron chi connectivity index (χ2n) is 4.70. The fourth-order valence-corrected chi connectivity index (χ4v) is 2.40. The second-order valence-corrected chi connectivity index (χ2v) is 4.70. The third-order valence-corrected chi connectivity index (χ3v) is 3.12. The Bertz CT molecular complexity index is 337. The molecule has 1 fully saturated rings. The molecule has 2 heterocycles. The van der Waals surface area contributed by atoms with E-state index in [2.05, 4.69) is 23.7 Å². The smallest absolute Gasteiger partial charge is 0.0564 e. The maximum Gasteiger partial charge on any atom is 0.0564 e. The molecule has 0 spiro atoms. The molecule has 2 atom stereocenters. The number of hydrogen-bond donors (Lipinski definition) is 1. The summed E-state index contributed by atoms with van der Waals surface area (Å²) >= 11 is 0. The lowest BCUT2D eigenvalue weighted by Gasteiger charge is -2.20. The highest BCUT2D eigenvalue weighted by atomic mass is 15.2. The van der Waals surface area contributed by atoms with Crippen LogP contribution in [0.25, 0.3) is 0 Å². The first kappa shape index (κ1) is 10.4. The number of aromatic nitrogens is 1. The average Bonchev–Trinajstić information content (AvgIpc) is 2.45. The topological polar surface area (TPSA) is 42.1 Å². The maximum atomic E-state index is 5.74.